The predicted octanol–water partition coefficient (Wildman–Crippen LogP) is 1.79. The molecule has 3 nitrogen and oxygen atoms in total. The summed E-state index contributed by atoms with van der Waals surface area (Å²) in [6, 6.07) is 0. The van der Waals surface area contributed by atoms with E-state index in [1.807, 2.05) is 0 Å². The fraction of sp³-hybridized carbons (Fsp3) is 1.00. The number of likely N-dealkylation sites (N-methyl/N-ethyl adjacent to an activating group) is 1. The second-order valence-corrected chi connectivity index (χ2v) is 6.98. The van der Waals surface area contributed by atoms with E-state index in [4.69, 9.17) is 0 Å². The Kier molecular flexibility index (Phi) is 4.04. The van der Waals surface area contributed by atoms with Gasteiger partial charge < -0.3 is 10.2 Å². The SMILES string of the molecule is CN1CCCN(CC[C@H]2CC2(F)F)CC12CCNCC2. The first kappa shape index (κ1) is 14.7. The van der Waals surface area contributed by atoms with E-state index in [-0.39, 0.29) is 17.9 Å². The van der Waals surface area contributed by atoms with Gasteiger partial charge in [0.15, 0.2) is 0 Å². The van der Waals surface area contributed by atoms with Crippen molar-refractivity contribution in [3.05, 3.63) is 0 Å². The molecule has 1 aliphatic carbocycles. The summed E-state index contributed by atoms with van der Waals surface area (Å²) in [5.74, 6) is -2.69. The van der Waals surface area contributed by atoms with Crippen LogP contribution in [0.5, 0.6) is 0 Å². The van der Waals surface area contributed by atoms with Crippen molar-refractivity contribution in [3.8, 4) is 0 Å². The number of piperidine rings is 1. The Morgan fingerprint density at radius 3 is 2.55 bits per heavy atom. The van der Waals surface area contributed by atoms with E-state index in [0.29, 0.717) is 6.42 Å². The maximum Gasteiger partial charge on any atom is 0.251 e. The minimum Gasteiger partial charge on any atom is -0.317 e. The first-order chi connectivity index (χ1) is 9.52. The van der Waals surface area contributed by atoms with Crippen molar-refractivity contribution in [2.24, 2.45) is 5.92 Å². The van der Waals surface area contributed by atoms with Crippen molar-refractivity contribution in [1.82, 2.24) is 15.1 Å². The van der Waals surface area contributed by atoms with Gasteiger partial charge in [0.2, 0.25) is 0 Å². The number of nitrogens with one attached hydrogen (secondary N) is 1. The van der Waals surface area contributed by atoms with Crippen LogP contribution in [0.15, 0.2) is 0 Å². The zero-order chi connectivity index (χ0) is 14.2. The minimum absolute atomic E-state index is 0.121. The van der Waals surface area contributed by atoms with Crippen molar-refractivity contribution in [2.75, 3.05) is 46.3 Å². The van der Waals surface area contributed by atoms with Gasteiger partial charge in [-0.05, 0) is 65.5 Å². The van der Waals surface area contributed by atoms with Gasteiger partial charge in [-0.1, -0.05) is 0 Å². The van der Waals surface area contributed by atoms with Crippen LogP contribution < -0.4 is 5.32 Å². The molecule has 0 radical (unpaired) electrons. The van der Waals surface area contributed by atoms with E-state index in [1.54, 1.807) is 0 Å². The van der Waals surface area contributed by atoms with Gasteiger partial charge in [-0.25, -0.2) is 8.78 Å². The van der Waals surface area contributed by atoms with E-state index < -0.39 is 5.92 Å². The van der Waals surface area contributed by atoms with Crippen LogP contribution in [0.2, 0.25) is 0 Å². The third kappa shape index (κ3) is 3.00. The Morgan fingerprint density at radius 1 is 1.20 bits per heavy atom. The molecule has 1 spiro atoms. The fourth-order valence-electron chi connectivity index (χ4n) is 3.93. The Hall–Kier alpha value is -0.260. The number of nitrogens with zero attached hydrogens (tertiary/aromatic N) is 2. The molecular formula is C15H27F2N3. The fourth-order valence-corrected chi connectivity index (χ4v) is 3.93. The molecule has 3 rings (SSSR count). The van der Waals surface area contributed by atoms with Crippen LogP contribution in [-0.4, -0.2) is 67.6 Å². The molecule has 1 atom stereocenters. The van der Waals surface area contributed by atoms with Crippen LogP contribution in [0.4, 0.5) is 8.78 Å². The lowest BCUT2D eigenvalue weighted by Crippen LogP contribution is -2.57. The van der Waals surface area contributed by atoms with Crippen LogP contribution >= 0.6 is 0 Å². The molecular weight excluding hydrogens is 260 g/mol. The highest BCUT2D eigenvalue weighted by atomic mass is 19.3. The van der Waals surface area contributed by atoms with E-state index in [0.717, 1.165) is 45.7 Å². The van der Waals surface area contributed by atoms with Crippen LogP contribution in [-0.2, 0) is 0 Å². The van der Waals surface area contributed by atoms with Crippen LogP contribution in [0.1, 0.15) is 32.1 Å². The Labute approximate surface area is 120 Å². The second-order valence-electron chi connectivity index (χ2n) is 6.98. The van der Waals surface area contributed by atoms with Gasteiger partial charge in [-0.2, -0.15) is 0 Å². The van der Waals surface area contributed by atoms with E-state index in [9.17, 15) is 8.78 Å². The molecule has 2 saturated heterocycles. The van der Waals surface area contributed by atoms with Crippen molar-refractivity contribution >= 4 is 0 Å². The van der Waals surface area contributed by atoms with Gasteiger partial charge in [0.05, 0.1) is 0 Å². The minimum atomic E-state index is -2.35. The summed E-state index contributed by atoms with van der Waals surface area (Å²) in [5.41, 5.74) is 0.272. The third-order valence-electron chi connectivity index (χ3n) is 5.58. The van der Waals surface area contributed by atoms with E-state index in [2.05, 4.69) is 22.2 Å². The summed E-state index contributed by atoms with van der Waals surface area (Å²) < 4.78 is 26.0. The molecule has 0 aromatic rings. The molecule has 0 aromatic carbocycles. The molecule has 0 bridgehead atoms. The summed E-state index contributed by atoms with van der Waals surface area (Å²) >= 11 is 0. The van der Waals surface area contributed by atoms with Crippen LogP contribution in [0, 0.1) is 5.92 Å². The maximum atomic E-state index is 13.0. The van der Waals surface area contributed by atoms with Crippen molar-refractivity contribution in [1.29, 1.82) is 0 Å². The Morgan fingerprint density at radius 2 is 1.90 bits per heavy atom. The van der Waals surface area contributed by atoms with Crippen molar-refractivity contribution < 1.29 is 8.78 Å². The maximum absolute atomic E-state index is 13.0. The summed E-state index contributed by atoms with van der Waals surface area (Å²) in [5, 5.41) is 3.44. The zero-order valence-corrected chi connectivity index (χ0v) is 12.5. The van der Waals surface area contributed by atoms with Crippen molar-refractivity contribution in [3.63, 3.8) is 0 Å². The van der Waals surface area contributed by atoms with Gasteiger partial charge in [0, 0.05) is 24.4 Å². The van der Waals surface area contributed by atoms with Gasteiger partial charge in [0.1, 0.15) is 0 Å². The molecule has 0 amide bonds. The number of alkyl halides is 2. The quantitative estimate of drug-likeness (QED) is 0.854. The Balaban J connectivity index is 1.57. The molecule has 0 aromatic heterocycles. The van der Waals surface area contributed by atoms with E-state index >= 15 is 0 Å². The lowest BCUT2D eigenvalue weighted by molar-refractivity contribution is 0.0613. The molecule has 1 saturated carbocycles. The molecule has 3 fully saturated rings. The summed E-state index contributed by atoms with van der Waals surface area (Å²) in [4.78, 5) is 4.97. The lowest BCUT2D eigenvalue weighted by Gasteiger charge is -2.45. The number of rotatable bonds is 3. The molecule has 116 valence electrons. The highest BCUT2D eigenvalue weighted by molar-refractivity contribution is 4.99. The number of halogens is 2. The molecule has 2 aliphatic heterocycles. The molecule has 1 N–H and O–H groups in total. The summed E-state index contributed by atoms with van der Waals surface area (Å²) in [6.07, 6.45) is 4.31. The highest BCUT2D eigenvalue weighted by Gasteiger charge is 2.56. The van der Waals surface area contributed by atoms with Crippen LogP contribution in [0.25, 0.3) is 0 Å². The molecule has 0 unspecified atom stereocenters. The highest BCUT2D eigenvalue weighted by Crippen LogP contribution is 2.50. The van der Waals surface area contributed by atoms with Gasteiger partial charge >= 0.3 is 0 Å². The van der Waals surface area contributed by atoms with Gasteiger partial charge in [-0.3, -0.25) is 4.90 Å². The molecule has 20 heavy (non-hydrogen) atoms. The normalized spacial score (nSPS) is 34.0. The third-order valence-corrected chi connectivity index (χ3v) is 5.58. The summed E-state index contributed by atoms with van der Waals surface area (Å²) in [7, 11) is 2.24. The first-order valence-corrected chi connectivity index (χ1v) is 8.04. The molecule has 2 heterocycles. The standard InChI is InChI=1S/C15H27F2N3/c1-19-8-2-9-20(10-3-13-11-15(13,16)17)12-14(19)4-6-18-7-5-14/h13,18H,2-12H2,1H3/t13-/m0/s1. The van der Waals surface area contributed by atoms with Crippen LogP contribution in [0.3, 0.4) is 0 Å². The number of hydrogen-bond donors (Lipinski definition) is 1. The van der Waals surface area contributed by atoms with Crippen molar-refractivity contribution in [2.45, 2.75) is 43.6 Å². The predicted molar refractivity (Wildman–Crippen MR) is 76.2 cm³/mol. The first-order valence-electron chi connectivity index (χ1n) is 8.04. The van der Waals surface area contributed by atoms with Gasteiger partial charge in [-0.15, -0.1) is 0 Å². The topological polar surface area (TPSA) is 18.5 Å². The zero-order valence-electron chi connectivity index (χ0n) is 12.5. The van der Waals surface area contributed by atoms with E-state index in [1.165, 1.54) is 12.8 Å². The lowest BCUT2D eigenvalue weighted by atomic mass is 9.86. The average molecular weight is 287 g/mol. The molecule has 5 heteroatoms. The second kappa shape index (κ2) is 5.50. The summed E-state index contributed by atoms with van der Waals surface area (Å²) in [6.45, 7) is 6.28. The smallest absolute Gasteiger partial charge is 0.251 e. The average Bonchev–Trinajstić information content (AvgIpc) is 3.06. The monoisotopic (exact) mass is 287 g/mol. The Bertz CT molecular complexity index is 342. The largest absolute Gasteiger partial charge is 0.317 e. The number of hydrogen-bond acceptors (Lipinski definition) is 3. The molecule has 3 aliphatic rings. The van der Waals surface area contributed by atoms with Gasteiger partial charge in [0.25, 0.3) is 5.92 Å².